The van der Waals surface area contributed by atoms with Gasteiger partial charge < -0.3 is 5.32 Å². The van der Waals surface area contributed by atoms with Crippen LogP contribution in [-0.2, 0) is 9.59 Å². The van der Waals surface area contributed by atoms with E-state index in [0.717, 1.165) is 6.42 Å². The van der Waals surface area contributed by atoms with Gasteiger partial charge in [0, 0.05) is 18.1 Å². The molecule has 0 saturated carbocycles. The van der Waals surface area contributed by atoms with Gasteiger partial charge in [-0.3, -0.25) is 14.9 Å². The third-order valence-corrected chi connectivity index (χ3v) is 2.55. The lowest BCUT2D eigenvalue weighted by molar-refractivity contribution is -0.136. The fourth-order valence-corrected chi connectivity index (χ4v) is 1.52. The van der Waals surface area contributed by atoms with E-state index < -0.39 is 11.8 Å². The van der Waals surface area contributed by atoms with Gasteiger partial charge in [0.05, 0.1) is 0 Å². The third-order valence-electron chi connectivity index (χ3n) is 1.87. The standard InChI is InChI=1S/C10H15N3O2S/c1-7(2)3-4-11-8(14)9(15)13-10-12-5-6-16-10/h5-7H,3-4H2,1-2H3,(H,11,14)(H,12,13,15). The molecule has 16 heavy (non-hydrogen) atoms. The normalized spacial score (nSPS) is 10.2. The summed E-state index contributed by atoms with van der Waals surface area (Å²) in [6, 6.07) is 0. The SMILES string of the molecule is CC(C)CCNC(=O)C(=O)Nc1nccs1. The molecule has 1 rings (SSSR count). The Labute approximate surface area is 98.3 Å². The maximum atomic E-state index is 11.3. The first-order valence-corrected chi connectivity index (χ1v) is 5.96. The molecule has 1 heterocycles. The van der Waals surface area contributed by atoms with E-state index in [0.29, 0.717) is 17.6 Å². The van der Waals surface area contributed by atoms with Gasteiger partial charge in [-0.2, -0.15) is 0 Å². The molecule has 0 fully saturated rings. The second-order valence-corrected chi connectivity index (χ2v) is 4.62. The van der Waals surface area contributed by atoms with Crippen molar-refractivity contribution in [1.82, 2.24) is 10.3 Å². The first-order valence-electron chi connectivity index (χ1n) is 5.08. The average Bonchev–Trinajstić information content (AvgIpc) is 2.69. The lowest BCUT2D eigenvalue weighted by Gasteiger charge is -2.06. The molecule has 2 N–H and O–H groups in total. The van der Waals surface area contributed by atoms with Crippen LogP contribution in [-0.4, -0.2) is 23.3 Å². The molecule has 0 aliphatic carbocycles. The summed E-state index contributed by atoms with van der Waals surface area (Å²) in [5.74, 6) is -0.781. The molecule has 0 aromatic carbocycles. The molecule has 0 saturated heterocycles. The average molecular weight is 241 g/mol. The number of nitrogens with one attached hydrogen (secondary N) is 2. The monoisotopic (exact) mass is 241 g/mol. The molecule has 1 aromatic heterocycles. The molecule has 0 unspecified atom stereocenters. The summed E-state index contributed by atoms with van der Waals surface area (Å²) < 4.78 is 0. The second kappa shape index (κ2) is 6.22. The quantitative estimate of drug-likeness (QED) is 0.779. The van der Waals surface area contributed by atoms with Gasteiger partial charge in [0.15, 0.2) is 5.13 Å². The predicted octanol–water partition coefficient (Wildman–Crippen LogP) is 1.24. The largest absolute Gasteiger partial charge is 0.348 e. The van der Waals surface area contributed by atoms with Gasteiger partial charge in [-0.05, 0) is 12.3 Å². The van der Waals surface area contributed by atoms with Crippen molar-refractivity contribution in [2.24, 2.45) is 5.92 Å². The number of nitrogens with zero attached hydrogens (tertiary/aromatic N) is 1. The van der Waals surface area contributed by atoms with Crippen LogP contribution in [0.5, 0.6) is 0 Å². The Morgan fingerprint density at radius 3 is 2.75 bits per heavy atom. The summed E-state index contributed by atoms with van der Waals surface area (Å²) in [4.78, 5) is 26.5. The van der Waals surface area contributed by atoms with Crippen molar-refractivity contribution in [3.05, 3.63) is 11.6 Å². The summed E-state index contributed by atoms with van der Waals surface area (Å²) in [6.07, 6.45) is 2.42. The molecule has 88 valence electrons. The molecule has 0 aliphatic rings. The second-order valence-electron chi connectivity index (χ2n) is 3.73. The minimum Gasteiger partial charge on any atom is -0.348 e. The van der Waals surface area contributed by atoms with Gasteiger partial charge >= 0.3 is 11.8 Å². The minimum absolute atomic E-state index is 0.434. The lowest BCUT2D eigenvalue weighted by Crippen LogP contribution is -2.36. The molecule has 2 amide bonds. The Hall–Kier alpha value is -1.43. The van der Waals surface area contributed by atoms with Crippen LogP contribution in [0.1, 0.15) is 20.3 Å². The van der Waals surface area contributed by atoms with E-state index in [1.54, 1.807) is 11.6 Å². The summed E-state index contributed by atoms with van der Waals surface area (Å²) >= 11 is 1.27. The summed E-state index contributed by atoms with van der Waals surface area (Å²) in [7, 11) is 0. The maximum absolute atomic E-state index is 11.3. The van der Waals surface area contributed by atoms with Crippen molar-refractivity contribution in [2.75, 3.05) is 11.9 Å². The van der Waals surface area contributed by atoms with E-state index in [1.165, 1.54) is 11.3 Å². The number of amides is 2. The molecule has 0 radical (unpaired) electrons. The van der Waals surface area contributed by atoms with Crippen molar-refractivity contribution < 1.29 is 9.59 Å². The van der Waals surface area contributed by atoms with Crippen LogP contribution in [0.3, 0.4) is 0 Å². The predicted molar refractivity (Wildman–Crippen MR) is 63.2 cm³/mol. The minimum atomic E-state index is -0.668. The van der Waals surface area contributed by atoms with Crippen LogP contribution in [0.2, 0.25) is 0 Å². The van der Waals surface area contributed by atoms with Crippen molar-refractivity contribution in [1.29, 1.82) is 0 Å². The molecular formula is C10H15N3O2S. The first kappa shape index (κ1) is 12.6. The van der Waals surface area contributed by atoms with Crippen LogP contribution in [0, 0.1) is 5.92 Å². The number of aromatic nitrogens is 1. The highest BCUT2D eigenvalue weighted by atomic mass is 32.1. The third kappa shape index (κ3) is 4.39. The molecule has 1 aromatic rings. The summed E-state index contributed by atoms with van der Waals surface area (Å²) in [5.41, 5.74) is 0. The number of carbonyl (C=O) groups is 2. The van der Waals surface area contributed by atoms with Crippen molar-refractivity contribution in [3.8, 4) is 0 Å². The Balaban J connectivity index is 2.28. The van der Waals surface area contributed by atoms with E-state index >= 15 is 0 Å². The highest BCUT2D eigenvalue weighted by Gasteiger charge is 2.13. The summed E-state index contributed by atoms with van der Waals surface area (Å²) in [6.45, 7) is 4.63. The molecule has 0 spiro atoms. The van der Waals surface area contributed by atoms with Gasteiger partial charge in [-0.1, -0.05) is 13.8 Å². The highest BCUT2D eigenvalue weighted by Crippen LogP contribution is 2.09. The Bertz CT molecular complexity index is 349. The van der Waals surface area contributed by atoms with Crippen LogP contribution in [0.15, 0.2) is 11.6 Å². The number of anilines is 1. The van der Waals surface area contributed by atoms with Crippen molar-refractivity contribution in [2.45, 2.75) is 20.3 Å². The van der Waals surface area contributed by atoms with Crippen molar-refractivity contribution >= 4 is 28.3 Å². The Morgan fingerprint density at radius 2 is 2.19 bits per heavy atom. The number of hydrogen-bond donors (Lipinski definition) is 2. The number of thiazole rings is 1. The fraction of sp³-hybridized carbons (Fsp3) is 0.500. The van der Waals surface area contributed by atoms with E-state index in [9.17, 15) is 9.59 Å². The Morgan fingerprint density at radius 1 is 1.44 bits per heavy atom. The molecular weight excluding hydrogens is 226 g/mol. The lowest BCUT2D eigenvalue weighted by atomic mass is 10.1. The Kier molecular flexibility index (Phi) is 4.91. The number of hydrogen-bond acceptors (Lipinski definition) is 4. The number of carbonyl (C=O) groups excluding carboxylic acids is 2. The molecule has 6 heteroatoms. The van der Waals surface area contributed by atoms with E-state index in [-0.39, 0.29) is 0 Å². The topological polar surface area (TPSA) is 71.1 Å². The molecule has 0 bridgehead atoms. The molecule has 0 atom stereocenters. The first-order chi connectivity index (χ1) is 7.59. The van der Waals surface area contributed by atoms with Crippen LogP contribution < -0.4 is 10.6 Å². The van der Waals surface area contributed by atoms with Gasteiger partial charge in [0.2, 0.25) is 0 Å². The zero-order valence-corrected chi connectivity index (χ0v) is 10.1. The van der Waals surface area contributed by atoms with Crippen molar-refractivity contribution in [3.63, 3.8) is 0 Å². The molecule has 5 nitrogen and oxygen atoms in total. The van der Waals surface area contributed by atoms with Gasteiger partial charge in [-0.15, -0.1) is 11.3 Å². The zero-order chi connectivity index (χ0) is 12.0. The van der Waals surface area contributed by atoms with Gasteiger partial charge in [0.25, 0.3) is 0 Å². The number of rotatable bonds is 4. The van der Waals surface area contributed by atoms with E-state index in [4.69, 9.17) is 0 Å². The van der Waals surface area contributed by atoms with Crippen LogP contribution in [0.4, 0.5) is 5.13 Å². The fourth-order valence-electron chi connectivity index (χ4n) is 0.994. The van der Waals surface area contributed by atoms with E-state index in [1.807, 2.05) is 0 Å². The maximum Gasteiger partial charge on any atom is 0.315 e. The highest BCUT2D eigenvalue weighted by molar-refractivity contribution is 7.13. The van der Waals surface area contributed by atoms with Gasteiger partial charge in [0.1, 0.15) is 0 Å². The van der Waals surface area contributed by atoms with Gasteiger partial charge in [-0.25, -0.2) is 4.98 Å². The van der Waals surface area contributed by atoms with Crippen LogP contribution >= 0.6 is 11.3 Å². The zero-order valence-electron chi connectivity index (χ0n) is 9.32. The smallest absolute Gasteiger partial charge is 0.315 e. The van der Waals surface area contributed by atoms with E-state index in [2.05, 4.69) is 29.5 Å². The van der Waals surface area contributed by atoms with Crippen LogP contribution in [0.25, 0.3) is 0 Å². The molecule has 0 aliphatic heterocycles. The summed E-state index contributed by atoms with van der Waals surface area (Å²) in [5, 5.41) is 7.13.